The van der Waals surface area contributed by atoms with Gasteiger partial charge in [-0.25, -0.2) is 0 Å². The molecule has 0 bridgehead atoms. The number of carbonyl (C=O) groups is 2. The van der Waals surface area contributed by atoms with E-state index in [2.05, 4.69) is 5.32 Å². The monoisotopic (exact) mass is 370 g/mol. The van der Waals surface area contributed by atoms with Gasteiger partial charge in [0.15, 0.2) is 11.9 Å². The Morgan fingerprint density at radius 2 is 1.61 bits per heavy atom. The van der Waals surface area contributed by atoms with E-state index >= 15 is 0 Å². The van der Waals surface area contributed by atoms with Gasteiger partial charge in [-0.15, -0.1) is 0 Å². The normalized spacial score (nSPS) is 11.1. The van der Waals surface area contributed by atoms with Crippen molar-refractivity contribution in [3.05, 3.63) is 95.6 Å². The van der Waals surface area contributed by atoms with Gasteiger partial charge in [0, 0.05) is 16.8 Å². The first kappa shape index (κ1) is 18.9. The molecule has 1 atom stereocenters. The van der Waals surface area contributed by atoms with Gasteiger partial charge in [0.25, 0.3) is 5.91 Å². The lowest BCUT2D eigenvalue weighted by Gasteiger charge is -2.15. The largest absolute Gasteiger partial charge is 0.481 e. The predicted octanol–water partition coefficient (Wildman–Crippen LogP) is 4.20. The average Bonchev–Trinajstić information content (AvgIpc) is 2.74. The molecule has 0 saturated carbocycles. The minimum absolute atomic E-state index is 0.0738. The number of nitrogens with one attached hydrogen (secondary N) is 1. The smallest absolute Gasteiger partial charge is 0.265 e. The molecule has 3 aromatic rings. The number of nitriles is 1. The topological polar surface area (TPSA) is 79.2 Å². The summed E-state index contributed by atoms with van der Waals surface area (Å²) in [6, 6.07) is 24.4. The lowest BCUT2D eigenvalue weighted by Crippen LogP contribution is -2.30. The van der Waals surface area contributed by atoms with Crippen LogP contribution in [0, 0.1) is 11.3 Å². The Labute approximate surface area is 163 Å². The summed E-state index contributed by atoms with van der Waals surface area (Å²) in [6.45, 7) is 1.63. The first-order valence-electron chi connectivity index (χ1n) is 8.74. The highest BCUT2D eigenvalue weighted by atomic mass is 16.5. The van der Waals surface area contributed by atoms with E-state index in [1.54, 1.807) is 67.6 Å². The highest BCUT2D eigenvalue weighted by molar-refractivity contribution is 6.09. The maximum atomic E-state index is 12.4. The van der Waals surface area contributed by atoms with Crippen LogP contribution in [0.5, 0.6) is 5.75 Å². The Balaban J connectivity index is 1.62. The van der Waals surface area contributed by atoms with Gasteiger partial charge in [0.05, 0.1) is 11.6 Å². The molecule has 28 heavy (non-hydrogen) atoms. The van der Waals surface area contributed by atoms with E-state index in [0.717, 1.165) is 0 Å². The SMILES string of the molecule is CC(Oc1ccc(C(=O)c2ccccc2)cc1)C(=O)Nc1cccc(C#N)c1. The highest BCUT2D eigenvalue weighted by Crippen LogP contribution is 2.17. The highest BCUT2D eigenvalue weighted by Gasteiger charge is 2.16. The molecule has 1 unspecified atom stereocenters. The van der Waals surface area contributed by atoms with Gasteiger partial charge < -0.3 is 10.1 Å². The zero-order valence-corrected chi connectivity index (χ0v) is 15.3. The van der Waals surface area contributed by atoms with E-state index in [0.29, 0.717) is 28.1 Å². The van der Waals surface area contributed by atoms with Crippen LogP contribution in [-0.4, -0.2) is 17.8 Å². The number of hydrogen-bond acceptors (Lipinski definition) is 4. The number of ketones is 1. The number of anilines is 1. The molecular formula is C23H18N2O3. The first-order valence-corrected chi connectivity index (χ1v) is 8.74. The molecular weight excluding hydrogens is 352 g/mol. The second-order valence-electron chi connectivity index (χ2n) is 6.16. The van der Waals surface area contributed by atoms with Crippen LogP contribution in [0.15, 0.2) is 78.9 Å². The summed E-state index contributed by atoms with van der Waals surface area (Å²) in [5, 5.41) is 11.6. The van der Waals surface area contributed by atoms with Crippen LogP contribution >= 0.6 is 0 Å². The Kier molecular flexibility index (Phi) is 5.83. The van der Waals surface area contributed by atoms with Gasteiger partial charge in [-0.2, -0.15) is 5.26 Å². The fourth-order valence-corrected chi connectivity index (χ4v) is 2.61. The van der Waals surface area contributed by atoms with Crippen molar-refractivity contribution >= 4 is 17.4 Å². The molecule has 3 rings (SSSR count). The van der Waals surface area contributed by atoms with Crippen LogP contribution in [0.2, 0.25) is 0 Å². The summed E-state index contributed by atoms with van der Waals surface area (Å²) < 4.78 is 5.66. The van der Waals surface area contributed by atoms with Crippen LogP contribution in [0.25, 0.3) is 0 Å². The third-order valence-electron chi connectivity index (χ3n) is 4.09. The van der Waals surface area contributed by atoms with Crippen molar-refractivity contribution in [3.8, 4) is 11.8 Å². The van der Waals surface area contributed by atoms with Gasteiger partial charge in [-0.1, -0.05) is 36.4 Å². The third kappa shape index (κ3) is 4.63. The molecule has 0 aliphatic heterocycles. The van der Waals surface area contributed by atoms with Gasteiger partial charge in [0.1, 0.15) is 5.75 Å². The number of ether oxygens (including phenoxy) is 1. The first-order chi connectivity index (χ1) is 13.6. The molecule has 0 fully saturated rings. The van der Waals surface area contributed by atoms with Crippen molar-refractivity contribution < 1.29 is 14.3 Å². The van der Waals surface area contributed by atoms with Crippen LogP contribution in [0.1, 0.15) is 28.4 Å². The van der Waals surface area contributed by atoms with Crippen LogP contribution in [-0.2, 0) is 4.79 Å². The Bertz CT molecular complexity index is 1020. The number of hydrogen-bond donors (Lipinski definition) is 1. The molecule has 0 heterocycles. The van der Waals surface area contributed by atoms with Gasteiger partial charge in [-0.3, -0.25) is 9.59 Å². The molecule has 0 aliphatic carbocycles. The quantitative estimate of drug-likeness (QED) is 0.660. The molecule has 1 N–H and O–H groups in total. The van der Waals surface area contributed by atoms with E-state index < -0.39 is 6.10 Å². The fraction of sp³-hybridized carbons (Fsp3) is 0.0870. The van der Waals surface area contributed by atoms with E-state index in [-0.39, 0.29) is 11.7 Å². The maximum Gasteiger partial charge on any atom is 0.265 e. The number of benzene rings is 3. The molecule has 5 heteroatoms. The molecule has 0 spiro atoms. The third-order valence-corrected chi connectivity index (χ3v) is 4.09. The minimum Gasteiger partial charge on any atom is -0.481 e. The zero-order chi connectivity index (χ0) is 19.9. The summed E-state index contributed by atoms with van der Waals surface area (Å²) >= 11 is 0. The van der Waals surface area contributed by atoms with Crippen molar-refractivity contribution in [1.29, 1.82) is 5.26 Å². The summed E-state index contributed by atoms with van der Waals surface area (Å²) in [5.41, 5.74) is 2.15. The molecule has 138 valence electrons. The molecule has 0 aromatic heterocycles. The standard InChI is InChI=1S/C23H18N2O3/c1-16(23(27)25-20-9-5-6-17(14-20)15-24)28-21-12-10-19(11-13-21)22(26)18-7-3-2-4-8-18/h2-14,16H,1H3,(H,25,27). The second kappa shape index (κ2) is 8.65. The number of carbonyl (C=O) groups excluding carboxylic acids is 2. The Morgan fingerprint density at radius 3 is 2.29 bits per heavy atom. The Hall–Kier alpha value is -3.91. The van der Waals surface area contributed by atoms with Crippen molar-refractivity contribution in [2.45, 2.75) is 13.0 Å². The number of nitrogens with zero attached hydrogens (tertiary/aromatic N) is 1. The Morgan fingerprint density at radius 1 is 0.929 bits per heavy atom. The van der Waals surface area contributed by atoms with E-state index in [1.807, 2.05) is 24.3 Å². The maximum absolute atomic E-state index is 12.4. The summed E-state index contributed by atoms with van der Waals surface area (Å²) in [4.78, 5) is 24.7. The average molecular weight is 370 g/mol. The van der Waals surface area contributed by atoms with Gasteiger partial charge in [-0.05, 0) is 49.4 Å². The summed E-state index contributed by atoms with van der Waals surface area (Å²) in [7, 11) is 0. The van der Waals surface area contributed by atoms with Crippen molar-refractivity contribution in [1.82, 2.24) is 0 Å². The summed E-state index contributed by atoms with van der Waals surface area (Å²) in [6.07, 6.45) is -0.749. The second-order valence-corrected chi connectivity index (χ2v) is 6.16. The van der Waals surface area contributed by atoms with Crippen molar-refractivity contribution in [3.63, 3.8) is 0 Å². The van der Waals surface area contributed by atoms with Crippen molar-refractivity contribution in [2.75, 3.05) is 5.32 Å². The van der Waals surface area contributed by atoms with Crippen LogP contribution in [0.3, 0.4) is 0 Å². The molecule has 0 aliphatic rings. The number of amides is 1. The molecule has 0 saturated heterocycles. The van der Waals surface area contributed by atoms with Crippen LogP contribution < -0.4 is 10.1 Å². The molecule has 3 aromatic carbocycles. The van der Waals surface area contributed by atoms with E-state index in [4.69, 9.17) is 10.00 Å². The fourth-order valence-electron chi connectivity index (χ4n) is 2.61. The van der Waals surface area contributed by atoms with Crippen molar-refractivity contribution in [2.24, 2.45) is 0 Å². The minimum atomic E-state index is -0.749. The zero-order valence-electron chi connectivity index (χ0n) is 15.3. The molecule has 0 radical (unpaired) electrons. The van der Waals surface area contributed by atoms with Gasteiger partial charge >= 0.3 is 0 Å². The number of rotatable bonds is 6. The van der Waals surface area contributed by atoms with E-state index in [9.17, 15) is 9.59 Å². The molecule has 1 amide bonds. The molecule has 5 nitrogen and oxygen atoms in total. The predicted molar refractivity (Wildman–Crippen MR) is 106 cm³/mol. The van der Waals surface area contributed by atoms with Crippen LogP contribution in [0.4, 0.5) is 5.69 Å². The van der Waals surface area contributed by atoms with E-state index in [1.165, 1.54) is 0 Å². The summed E-state index contributed by atoms with van der Waals surface area (Å²) in [5.74, 6) is 0.0767. The lowest BCUT2D eigenvalue weighted by atomic mass is 10.0. The lowest BCUT2D eigenvalue weighted by molar-refractivity contribution is -0.122. The van der Waals surface area contributed by atoms with Gasteiger partial charge in [0.2, 0.25) is 0 Å².